The molecule has 0 amide bonds. The van der Waals surface area contributed by atoms with Crippen molar-refractivity contribution >= 4 is 16.5 Å². The number of ether oxygens (including phenoxy) is 1. The average Bonchev–Trinajstić information content (AvgIpc) is 2.86. The fourth-order valence-electron chi connectivity index (χ4n) is 4.66. The summed E-state index contributed by atoms with van der Waals surface area (Å²) in [6.45, 7) is 6.57. The van der Waals surface area contributed by atoms with Crippen LogP contribution in [0.3, 0.4) is 0 Å². The lowest BCUT2D eigenvalue weighted by Gasteiger charge is -2.26. The Labute approximate surface area is 201 Å². The standard InChI is InChI=1S/C30H32N2O2/c1-22-5-7-23(8-6-22)28-15-9-24-21-26(33)12-16-29(24)30(28)34-27-13-10-25(11-14-27)31-17-20-32-18-3-2-4-19-32/h5-16,21,31,33H,2-4,17-20H2,1H3. The van der Waals surface area contributed by atoms with Gasteiger partial charge in [0.2, 0.25) is 0 Å². The molecule has 1 aliphatic rings. The van der Waals surface area contributed by atoms with Gasteiger partial charge in [-0.2, -0.15) is 0 Å². The van der Waals surface area contributed by atoms with Crippen LogP contribution in [0.1, 0.15) is 24.8 Å². The highest BCUT2D eigenvalue weighted by molar-refractivity contribution is 5.96. The zero-order valence-electron chi connectivity index (χ0n) is 19.8. The number of nitrogens with one attached hydrogen (secondary N) is 1. The summed E-state index contributed by atoms with van der Waals surface area (Å²) in [4.78, 5) is 2.54. The van der Waals surface area contributed by atoms with Crippen LogP contribution in [0.25, 0.3) is 21.9 Å². The number of hydrogen-bond acceptors (Lipinski definition) is 4. The number of benzene rings is 4. The van der Waals surface area contributed by atoms with Gasteiger partial charge in [-0.15, -0.1) is 0 Å². The molecular weight excluding hydrogens is 420 g/mol. The van der Waals surface area contributed by atoms with E-state index in [1.807, 2.05) is 24.3 Å². The van der Waals surface area contributed by atoms with Gasteiger partial charge < -0.3 is 20.1 Å². The first kappa shape index (κ1) is 22.3. The van der Waals surface area contributed by atoms with E-state index in [1.165, 1.54) is 37.9 Å². The highest BCUT2D eigenvalue weighted by Crippen LogP contribution is 2.40. The van der Waals surface area contributed by atoms with Crippen LogP contribution in [0.4, 0.5) is 5.69 Å². The van der Waals surface area contributed by atoms with Crippen molar-refractivity contribution in [2.24, 2.45) is 0 Å². The van der Waals surface area contributed by atoms with Crippen LogP contribution in [0, 0.1) is 6.92 Å². The van der Waals surface area contributed by atoms with Gasteiger partial charge in [-0.25, -0.2) is 0 Å². The Morgan fingerprint density at radius 2 is 1.62 bits per heavy atom. The smallest absolute Gasteiger partial charge is 0.143 e. The summed E-state index contributed by atoms with van der Waals surface area (Å²) >= 11 is 0. The molecule has 2 N–H and O–H groups in total. The molecule has 0 saturated carbocycles. The third-order valence-corrected chi connectivity index (χ3v) is 6.60. The van der Waals surface area contributed by atoms with Gasteiger partial charge >= 0.3 is 0 Å². The Morgan fingerprint density at radius 1 is 0.853 bits per heavy atom. The van der Waals surface area contributed by atoms with Crippen molar-refractivity contribution in [2.45, 2.75) is 26.2 Å². The van der Waals surface area contributed by atoms with E-state index in [1.54, 1.807) is 12.1 Å². The quantitative estimate of drug-likeness (QED) is 0.311. The maximum Gasteiger partial charge on any atom is 0.143 e. The number of aryl methyl sites for hydroxylation is 1. The number of phenols is 1. The van der Waals surface area contributed by atoms with Crippen molar-refractivity contribution in [3.63, 3.8) is 0 Å². The van der Waals surface area contributed by atoms with Gasteiger partial charge in [-0.1, -0.05) is 42.3 Å². The summed E-state index contributed by atoms with van der Waals surface area (Å²) in [5.74, 6) is 1.84. The van der Waals surface area contributed by atoms with E-state index < -0.39 is 0 Å². The van der Waals surface area contributed by atoms with Crippen molar-refractivity contribution in [1.29, 1.82) is 0 Å². The highest BCUT2D eigenvalue weighted by atomic mass is 16.5. The minimum Gasteiger partial charge on any atom is -0.508 e. The Hall–Kier alpha value is -3.50. The molecule has 4 aromatic rings. The number of piperidine rings is 1. The Kier molecular flexibility index (Phi) is 6.68. The first-order valence-corrected chi connectivity index (χ1v) is 12.2. The van der Waals surface area contributed by atoms with Gasteiger partial charge in [0.25, 0.3) is 0 Å². The van der Waals surface area contributed by atoms with E-state index in [2.05, 4.69) is 59.6 Å². The summed E-state index contributed by atoms with van der Waals surface area (Å²) < 4.78 is 6.48. The normalized spacial score (nSPS) is 14.3. The molecule has 34 heavy (non-hydrogen) atoms. The van der Waals surface area contributed by atoms with E-state index in [-0.39, 0.29) is 5.75 Å². The number of rotatable bonds is 7. The van der Waals surface area contributed by atoms with Gasteiger partial charge in [0.1, 0.15) is 17.2 Å². The predicted molar refractivity (Wildman–Crippen MR) is 141 cm³/mol. The lowest BCUT2D eigenvalue weighted by molar-refractivity contribution is 0.237. The largest absolute Gasteiger partial charge is 0.508 e. The number of nitrogens with zero attached hydrogens (tertiary/aromatic N) is 1. The molecular formula is C30H32N2O2. The molecule has 4 aromatic carbocycles. The van der Waals surface area contributed by atoms with Gasteiger partial charge in [-0.3, -0.25) is 0 Å². The van der Waals surface area contributed by atoms with Gasteiger partial charge in [0.15, 0.2) is 0 Å². The number of phenolic OH excluding ortho intramolecular Hbond substituents is 1. The van der Waals surface area contributed by atoms with Crippen LogP contribution in [-0.4, -0.2) is 36.2 Å². The predicted octanol–water partition coefficient (Wildman–Crippen LogP) is 7.21. The molecule has 4 heteroatoms. The molecule has 1 saturated heterocycles. The zero-order chi connectivity index (χ0) is 23.3. The first-order valence-electron chi connectivity index (χ1n) is 12.2. The van der Waals surface area contributed by atoms with Crippen LogP contribution in [0.5, 0.6) is 17.2 Å². The molecule has 0 spiro atoms. The summed E-state index contributed by atoms with van der Waals surface area (Å²) in [5, 5.41) is 15.4. The highest BCUT2D eigenvalue weighted by Gasteiger charge is 2.13. The first-order chi connectivity index (χ1) is 16.7. The number of hydrogen-bond donors (Lipinski definition) is 2. The molecule has 0 aromatic heterocycles. The third-order valence-electron chi connectivity index (χ3n) is 6.60. The minimum absolute atomic E-state index is 0.251. The third kappa shape index (κ3) is 5.18. The second kappa shape index (κ2) is 10.2. The number of likely N-dealkylation sites (tertiary alicyclic amines) is 1. The minimum atomic E-state index is 0.251. The molecule has 1 fully saturated rings. The van der Waals surface area contributed by atoms with Crippen LogP contribution in [-0.2, 0) is 0 Å². The summed E-state index contributed by atoms with van der Waals surface area (Å²) in [6.07, 6.45) is 4.02. The van der Waals surface area contributed by atoms with Crippen molar-refractivity contribution in [2.75, 3.05) is 31.5 Å². The number of fused-ring (bicyclic) bond motifs is 1. The van der Waals surface area contributed by atoms with E-state index in [4.69, 9.17) is 4.74 Å². The van der Waals surface area contributed by atoms with E-state index in [9.17, 15) is 5.11 Å². The second-order valence-electron chi connectivity index (χ2n) is 9.17. The molecule has 174 valence electrons. The maximum atomic E-state index is 9.96. The number of anilines is 1. The van der Waals surface area contributed by atoms with Crippen molar-refractivity contribution in [3.05, 3.63) is 84.4 Å². The van der Waals surface area contributed by atoms with Gasteiger partial charge in [0.05, 0.1) is 0 Å². The van der Waals surface area contributed by atoms with Crippen molar-refractivity contribution < 1.29 is 9.84 Å². The Morgan fingerprint density at radius 3 is 2.38 bits per heavy atom. The summed E-state index contributed by atoms with van der Waals surface area (Å²) in [7, 11) is 0. The van der Waals surface area contributed by atoms with Crippen LogP contribution >= 0.6 is 0 Å². The molecule has 0 unspecified atom stereocenters. The molecule has 0 radical (unpaired) electrons. The average molecular weight is 453 g/mol. The fraction of sp³-hybridized carbons (Fsp3) is 0.267. The molecule has 0 aliphatic carbocycles. The molecule has 0 bridgehead atoms. The second-order valence-corrected chi connectivity index (χ2v) is 9.17. The van der Waals surface area contributed by atoms with Gasteiger partial charge in [0, 0.05) is 29.7 Å². The lowest BCUT2D eigenvalue weighted by atomic mass is 9.98. The molecule has 1 heterocycles. The summed E-state index contributed by atoms with van der Waals surface area (Å²) in [5.41, 5.74) is 4.46. The van der Waals surface area contributed by atoms with E-state index in [0.29, 0.717) is 0 Å². The Bertz CT molecular complexity index is 1240. The van der Waals surface area contributed by atoms with Crippen LogP contribution in [0.2, 0.25) is 0 Å². The van der Waals surface area contributed by atoms with E-state index >= 15 is 0 Å². The van der Waals surface area contributed by atoms with Crippen LogP contribution in [0.15, 0.2) is 78.9 Å². The summed E-state index contributed by atoms with van der Waals surface area (Å²) in [6, 6.07) is 26.2. The van der Waals surface area contributed by atoms with Crippen molar-refractivity contribution in [3.8, 4) is 28.4 Å². The monoisotopic (exact) mass is 452 g/mol. The molecule has 4 nitrogen and oxygen atoms in total. The SMILES string of the molecule is Cc1ccc(-c2ccc3cc(O)ccc3c2Oc2ccc(NCCN3CCCCC3)cc2)cc1. The van der Waals surface area contributed by atoms with Crippen LogP contribution < -0.4 is 10.1 Å². The molecule has 5 rings (SSSR count). The zero-order valence-corrected chi connectivity index (χ0v) is 19.8. The lowest BCUT2D eigenvalue weighted by Crippen LogP contribution is -2.33. The fourth-order valence-corrected chi connectivity index (χ4v) is 4.66. The Balaban J connectivity index is 1.36. The van der Waals surface area contributed by atoms with Gasteiger partial charge in [-0.05, 0) is 92.3 Å². The topological polar surface area (TPSA) is 44.7 Å². The molecule has 1 aliphatic heterocycles. The maximum absolute atomic E-state index is 9.96. The van der Waals surface area contributed by atoms with Crippen molar-refractivity contribution in [1.82, 2.24) is 4.90 Å². The molecule has 0 atom stereocenters. The number of aromatic hydroxyl groups is 1. The van der Waals surface area contributed by atoms with E-state index in [0.717, 1.165) is 52.2 Å².